The van der Waals surface area contributed by atoms with Crippen LogP contribution in [0.25, 0.3) is 11.1 Å². The maximum atomic E-state index is 12.1. The third-order valence-corrected chi connectivity index (χ3v) is 5.39. The molecule has 154 valence electrons. The van der Waals surface area contributed by atoms with Gasteiger partial charge in [0.2, 0.25) is 5.91 Å². The summed E-state index contributed by atoms with van der Waals surface area (Å²) in [4.78, 5) is 18.7. The number of hydrogen-bond acceptors (Lipinski definition) is 3. The number of rotatable bonds is 7. The normalized spacial score (nSPS) is 10.6. The molecule has 0 atom stereocenters. The first-order chi connectivity index (χ1) is 15.1. The number of aryl methyl sites for hydroxylation is 1. The number of amides is 1. The van der Waals surface area contributed by atoms with Gasteiger partial charge in [-0.25, -0.2) is 0 Å². The van der Waals surface area contributed by atoms with Crippen LogP contribution in [0.5, 0.6) is 0 Å². The molecule has 1 heterocycles. The molecule has 0 saturated carbocycles. The molecule has 0 aliphatic heterocycles. The summed E-state index contributed by atoms with van der Waals surface area (Å²) in [6.45, 7) is 3.48. The molecule has 31 heavy (non-hydrogen) atoms. The van der Waals surface area contributed by atoms with Gasteiger partial charge in [-0.2, -0.15) is 0 Å². The van der Waals surface area contributed by atoms with Gasteiger partial charge in [0.25, 0.3) is 0 Å². The lowest BCUT2D eigenvalue weighted by molar-refractivity contribution is 0.100. The van der Waals surface area contributed by atoms with Crippen molar-refractivity contribution >= 4 is 11.6 Å². The molecule has 3 aromatic carbocycles. The third-order valence-electron chi connectivity index (χ3n) is 5.39. The predicted molar refractivity (Wildman–Crippen MR) is 126 cm³/mol. The summed E-state index contributed by atoms with van der Waals surface area (Å²) in [6.07, 6.45) is 3.66. The van der Waals surface area contributed by atoms with E-state index in [2.05, 4.69) is 46.3 Å². The second-order valence-electron chi connectivity index (χ2n) is 7.61. The molecule has 0 aliphatic carbocycles. The molecule has 0 aliphatic rings. The van der Waals surface area contributed by atoms with E-state index < -0.39 is 5.91 Å². The smallest absolute Gasteiger partial charge is 0.249 e. The fraction of sp³-hybridized carbons (Fsp3) is 0.111. The summed E-state index contributed by atoms with van der Waals surface area (Å²) in [7, 11) is 0. The van der Waals surface area contributed by atoms with Crippen molar-refractivity contribution in [3.8, 4) is 11.1 Å². The van der Waals surface area contributed by atoms with Gasteiger partial charge in [0, 0.05) is 24.8 Å². The quantitative estimate of drug-likeness (QED) is 0.448. The van der Waals surface area contributed by atoms with Gasteiger partial charge in [-0.1, -0.05) is 60.7 Å². The van der Waals surface area contributed by atoms with Crippen LogP contribution in [0.2, 0.25) is 0 Å². The number of nitrogens with zero attached hydrogens (tertiary/aromatic N) is 2. The Morgan fingerprint density at radius 2 is 1.58 bits per heavy atom. The highest BCUT2D eigenvalue weighted by atomic mass is 16.1. The number of hydrogen-bond donors (Lipinski definition) is 1. The lowest BCUT2D eigenvalue weighted by Crippen LogP contribution is -2.22. The summed E-state index contributed by atoms with van der Waals surface area (Å²) < 4.78 is 0. The summed E-state index contributed by atoms with van der Waals surface area (Å²) in [5.74, 6) is -0.418. The van der Waals surface area contributed by atoms with Crippen molar-refractivity contribution in [3.63, 3.8) is 0 Å². The SMILES string of the molecule is Cc1ccccc1-c1cc(CN(Cc2ccccc2)c2cccnc2)ccc1C(N)=O. The Kier molecular flexibility index (Phi) is 6.08. The second-order valence-corrected chi connectivity index (χ2v) is 7.61. The Morgan fingerprint density at radius 1 is 0.839 bits per heavy atom. The minimum Gasteiger partial charge on any atom is -0.366 e. The first-order valence-electron chi connectivity index (χ1n) is 10.3. The molecule has 0 radical (unpaired) electrons. The highest BCUT2D eigenvalue weighted by molar-refractivity contribution is 6.00. The lowest BCUT2D eigenvalue weighted by Gasteiger charge is -2.25. The Morgan fingerprint density at radius 3 is 2.29 bits per heavy atom. The van der Waals surface area contributed by atoms with Crippen LogP contribution in [0.3, 0.4) is 0 Å². The van der Waals surface area contributed by atoms with Gasteiger partial charge < -0.3 is 10.6 Å². The third kappa shape index (κ3) is 4.81. The molecule has 1 aromatic heterocycles. The highest BCUT2D eigenvalue weighted by Crippen LogP contribution is 2.29. The molecule has 4 aromatic rings. The van der Waals surface area contributed by atoms with E-state index in [4.69, 9.17) is 5.73 Å². The van der Waals surface area contributed by atoms with E-state index in [0.29, 0.717) is 12.1 Å². The highest BCUT2D eigenvalue weighted by Gasteiger charge is 2.15. The largest absolute Gasteiger partial charge is 0.366 e. The van der Waals surface area contributed by atoms with Gasteiger partial charge in [0.05, 0.1) is 11.9 Å². The standard InChI is InChI=1S/C27H25N3O/c1-20-8-5-6-12-24(20)26-16-22(13-14-25(26)27(28)31)19-30(23-11-7-15-29-17-23)18-21-9-3-2-4-10-21/h2-17H,18-19H2,1H3,(H2,28,31). The van der Waals surface area contributed by atoms with Gasteiger partial charge >= 0.3 is 0 Å². The van der Waals surface area contributed by atoms with Crippen LogP contribution in [0.15, 0.2) is 97.3 Å². The van der Waals surface area contributed by atoms with E-state index in [9.17, 15) is 4.79 Å². The zero-order chi connectivity index (χ0) is 21.6. The second kappa shape index (κ2) is 9.26. The molecule has 0 unspecified atom stereocenters. The maximum absolute atomic E-state index is 12.1. The zero-order valence-corrected chi connectivity index (χ0v) is 17.5. The number of anilines is 1. The van der Waals surface area contributed by atoms with Crippen molar-refractivity contribution < 1.29 is 4.79 Å². The molecule has 4 nitrogen and oxygen atoms in total. The average Bonchev–Trinajstić information content (AvgIpc) is 2.80. The van der Waals surface area contributed by atoms with Crippen molar-refractivity contribution in [2.75, 3.05) is 4.90 Å². The van der Waals surface area contributed by atoms with Crippen LogP contribution < -0.4 is 10.6 Å². The molecule has 4 rings (SSSR count). The monoisotopic (exact) mass is 407 g/mol. The van der Waals surface area contributed by atoms with Crippen molar-refractivity contribution in [2.24, 2.45) is 5.73 Å². The van der Waals surface area contributed by atoms with E-state index in [1.54, 1.807) is 6.20 Å². The number of primary amides is 1. The molecule has 0 saturated heterocycles. The van der Waals surface area contributed by atoms with Crippen molar-refractivity contribution in [1.29, 1.82) is 0 Å². The molecule has 0 spiro atoms. The fourth-order valence-corrected chi connectivity index (χ4v) is 3.81. The van der Waals surface area contributed by atoms with Gasteiger partial charge in [-0.05, 0) is 59.0 Å². The Balaban J connectivity index is 1.72. The van der Waals surface area contributed by atoms with Crippen molar-refractivity contribution in [3.05, 3.63) is 120 Å². The van der Waals surface area contributed by atoms with Crippen LogP contribution in [0.4, 0.5) is 5.69 Å². The van der Waals surface area contributed by atoms with E-state index >= 15 is 0 Å². The number of pyridine rings is 1. The van der Waals surface area contributed by atoms with Gasteiger partial charge in [-0.3, -0.25) is 9.78 Å². The first-order valence-corrected chi connectivity index (χ1v) is 10.3. The van der Waals surface area contributed by atoms with Gasteiger partial charge in [-0.15, -0.1) is 0 Å². The molecule has 0 fully saturated rings. The maximum Gasteiger partial charge on any atom is 0.249 e. The minimum absolute atomic E-state index is 0.418. The molecular formula is C27H25N3O. The van der Waals surface area contributed by atoms with Crippen LogP contribution in [-0.2, 0) is 13.1 Å². The number of nitrogens with two attached hydrogens (primary N) is 1. The number of aromatic nitrogens is 1. The first kappa shape index (κ1) is 20.4. The number of carbonyl (C=O) groups is 1. The Labute approximate surface area is 183 Å². The minimum atomic E-state index is -0.418. The molecule has 4 heteroatoms. The summed E-state index contributed by atoms with van der Waals surface area (Å²) in [6, 6.07) is 28.3. The van der Waals surface area contributed by atoms with E-state index in [-0.39, 0.29) is 0 Å². The fourth-order valence-electron chi connectivity index (χ4n) is 3.81. The summed E-state index contributed by atoms with van der Waals surface area (Å²) in [5, 5.41) is 0. The van der Waals surface area contributed by atoms with Gasteiger partial charge in [0.15, 0.2) is 0 Å². The summed E-state index contributed by atoms with van der Waals surface area (Å²) in [5.41, 5.74) is 12.6. The topological polar surface area (TPSA) is 59.2 Å². The van der Waals surface area contributed by atoms with E-state index in [1.165, 1.54) is 5.56 Å². The number of benzene rings is 3. The van der Waals surface area contributed by atoms with Crippen LogP contribution in [-0.4, -0.2) is 10.9 Å². The molecular weight excluding hydrogens is 382 g/mol. The number of carbonyl (C=O) groups excluding carboxylic acids is 1. The zero-order valence-electron chi connectivity index (χ0n) is 17.5. The van der Waals surface area contributed by atoms with Crippen LogP contribution in [0, 0.1) is 6.92 Å². The Hall–Kier alpha value is -3.92. The van der Waals surface area contributed by atoms with Crippen molar-refractivity contribution in [1.82, 2.24) is 4.98 Å². The van der Waals surface area contributed by atoms with E-state index in [1.807, 2.05) is 61.7 Å². The average molecular weight is 408 g/mol. The van der Waals surface area contributed by atoms with Gasteiger partial charge in [0.1, 0.15) is 0 Å². The predicted octanol–water partition coefficient (Wildman–Crippen LogP) is 5.36. The van der Waals surface area contributed by atoms with Crippen LogP contribution >= 0.6 is 0 Å². The molecule has 2 N–H and O–H groups in total. The van der Waals surface area contributed by atoms with Crippen molar-refractivity contribution in [2.45, 2.75) is 20.0 Å². The lowest BCUT2D eigenvalue weighted by atomic mass is 9.93. The van der Waals surface area contributed by atoms with E-state index in [0.717, 1.165) is 34.5 Å². The molecule has 1 amide bonds. The molecule has 0 bridgehead atoms. The summed E-state index contributed by atoms with van der Waals surface area (Å²) >= 11 is 0. The van der Waals surface area contributed by atoms with Crippen LogP contribution in [0.1, 0.15) is 27.0 Å². The Bertz CT molecular complexity index is 1170.